The van der Waals surface area contributed by atoms with Gasteiger partial charge in [-0.3, -0.25) is 9.62 Å². The maximum Gasteiger partial charge on any atom is 0.267 e. The molecule has 0 spiro atoms. The number of rotatable bonds is 8. The van der Waals surface area contributed by atoms with Crippen molar-refractivity contribution in [2.75, 3.05) is 30.2 Å². The maximum absolute atomic E-state index is 15.7. The summed E-state index contributed by atoms with van der Waals surface area (Å²) in [6.07, 6.45) is 6.51. The van der Waals surface area contributed by atoms with Crippen LogP contribution >= 0.6 is 11.6 Å². The summed E-state index contributed by atoms with van der Waals surface area (Å²) in [5.74, 6) is -1.76. The lowest BCUT2D eigenvalue weighted by Gasteiger charge is -2.34. The topological polar surface area (TPSA) is 109 Å². The van der Waals surface area contributed by atoms with Gasteiger partial charge in [-0.25, -0.2) is 36.5 Å². The van der Waals surface area contributed by atoms with Gasteiger partial charge in [0, 0.05) is 43.0 Å². The van der Waals surface area contributed by atoms with Gasteiger partial charge in [0.05, 0.1) is 28.9 Å². The van der Waals surface area contributed by atoms with Crippen molar-refractivity contribution in [2.24, 2.45) is 0 Å². The minimum atomic E-state index is -4.40. The Kier molecular flexibility index (Phi) is 8.53. The zero-order chi connectivity index (χ0) is 31.0. The summed E-state index contributed by atoms with van der Waals surface area (Å²) in [6.45, 7) is 1.35. The first-order valence-corrected chi connectivity index (χ1v) is 16.1. The number of alkyl halides is 1. The number of likely N-dealkylation sites (tertiary alicyclic amines) is 1. The summed E-state index contributed by atoms with van der Waals surface area (Å²) >= 11 is 5.92. The number of anilines is 2. The van der Waals surface area contributed by atoms with Gasteiger partial charge in [0.25, 0.3) is 10.0 Å². The number of hydrogen-bond acceptors (Lipinski definition) is 8. The molecule has 1 saturated heterocycles. The third kappa shape index (κ3) is 6.26. The van der Waals surface area contributed by atoms with Gasteiger partial charge in [-0.1, -0.05) is 17.7 Å². The molecule has 3 heterocycles. The number of methoxy groups -OCH3 is 1. The van der Waals surface area contributed by atoms with Gasteiger partial charge >= 0.3 is 0 Å². The van der Waals surface area contributed by atoms with Crippen LogP contribution in [0.3, 0.4) is 0 Å². The third-order valence-electron chi connectivity index (χ3n) is 8.18. The first-order chi connectivity index (χ1) is 21.1. The molecule has 0 amide bonds. The predicted molar refractivity (Wildman–Crippen MR) is 162 cm³/mol. The largest absolute Gasteiger partial charge is 0.480 e. The van der Waals surface area contributed by atoms with E-state index in [1.54, 1.807) is 18.3 Å². The number of pyridine rings is 1. The Balaban J connectivity index is 1.19. The number of nitrogens with zero attached hydrogens (tertiary/aromatic N) is 4. The van der Waals surface area contributed by atoms with E-state index in [1.165, 1.54) is 19.4 Å². The number of sulfonamides is 1. The highest BCUT2D eigenvalue weighted by atomic mass is 35.5. The van der Waals surface area contributed by atoms with E-state index in [2.05, 4.69) is 29.9 Å². The van der Waals surface area contributed by atoms with Gasteiger partial charge in [0.15, 0.2) is 10.7 Å². The number of ether oxygens (including phenoxy) is 1. The van der Waals surface area contributed by atoms with Crippen molar-refractivity contribution in [2.45, 2.75) is 55.3 Å². The number of aromatic nitrogens is 3. The monoisotopic (exact) mass is 646 g/mol. The molecule has 1 atom stereocenters. The Labute approximate surface area is 257 Å². The van der Waals surface area contributed by atoms with Gasteiger partial charge in [-0.15, -0.1) is 0 Å². The number of halogens is 4. The van der Waals surface area contributed by atoms with Crippen molar-refractivity contribution in [1.29, 1.82) is 0 Å². The lowest BCUT2D eigenvalue weighted by Crippen LogP contribution is -2.39. The second-order valence-corrected chi connectivity index (χ2v) is 13.1. The fourth-order valence-corrected chi connectivity index (χ4v) is 7.38. The van der Waals surface area contributed by atoms with Crippen molar-refractivity contribution in [3.63, 3.8) is 0 Å². The molecule has 6 rings (SSSR count). The van der Waals surface area contributed by atoms with Crippen LogP contribution in [0.2, 0.25) is 5.02 Å². The van der Waals surface area contributed by atoms with Crippen LogP contribution in [0.15, 0.2) is 53.7 Å². The van der Waals surface area contributed by atoms with Crippen LogP contribution in [-0.4, -0.2) is 66.7 Å². The summed E-state index contributed by atoms with van der Waals surface area (Å²) in [7, 11) is -3.17. The van der Waals surface area contributed by atoms with Crippen molar-refractivity contribution in [3.05, 3.63) is 65.4 Å². The highest BCUT2D eigenvalue weighted by Gasteiger charge is 2.31. The number of benzene rings is 2. The van der Waals surface area contributed by atoms with E-state index in [-0.39, 0.29) is 22.5 Å². The number of fused-ring (bicyclic) bond motifs is 1. The lowest BCUT2D eigenvalue weighted by atomic mass is 9.90. The molecule has 9 nitrogen and oxygen atoms in total. The Morgan fingerprint density at radius 1 is 1.02 bits per heavy atom. The zero-order valence-electron chi connectivity index (χ0n) is 23.7. The SMILES string of the molecule is COc1ncc(Cl)cc1S(=O)(=O)Nc1ccc(F)c(-c2ccc3nc(N[C@H]4CC[C@@H](N5CC[C@@H](F)C5)CC4)ncc3c2)c1F. The number of nitrogens with one attached hydrogen (secondary N) is 2. The van der Waals surface area contributed by atoms with Crippen LogP contribution in [0.1, 0.15) is 32.1 Å². The van der Waals surface area contributed by atoms with E-state index in [9.17, 15) is 17.2 Å². The Morgan fingerprint density at radius 2 is 1.82 bits per heavy atom. The molecule has 2 aliphatic rings. The summed E-state index contributed by atoms with van der Waals surface area (Å²) < 4.78 is 77.6. The van der Waals surface area contributed by atoms with Crippen molar-refractivity contribution >= 4 is 44.2 Å². The van der Waals surface area contributed by atoms with E-state index in [1.807, 2.05) is 0 Å². The highest BCUT2D eigenvalue weighted by molar-refractivity contribution is 7.92. The second-order valence-electron chi connectivity index (χ2n) is 11.0. The van der Waals surface area contributed by atoms with Gasteiger partial charge in [0.2, 0.25) is 11.8 Å². The minimum absolute atomic E-state index is 0.0329. The highest BCUT2D eigenvalue weighted by Crippen LogP contribution is 2.35. The van der Waals surface area contributed by atoms with E-state index in [0.717, 1.165) is 50.4 Å². The second kappa shape index (κ2) is 12.4. The standard InChI is InChI=1S/C30H30ClF3N6O3S/c1-43-29-26(13-19(31)15-35-29)44(41,42)39-25-9-7-23(33)27(28(25)34)17-2-8-24-18(12-17)14-36-30(38-24)37-21-3-5-22(6-4-21)40-11-10-20(32)16-40/h2,7-9,12-15,20-22,39H,3-6,10-11,16H2,1H3,(H,36,37,38)/t20-,21-,22+/m1/s1. The normalized spacial score (nSPS) is 21.0. The Morgan fingerprint density at radius 3 is 2.55 bits per heavy atom. The van der Waals surface area contributed by atoms with Gasteiger partial charge in [0.1, 0.15) is 12.0 Å². The summed E-state index contributed by atoms with van der Waals surface area (Å²) in [4.78, 5) is 14.7. The van der Waals surface area contributed by atoms with Crippen LogP contribution in [0.5, 0.6) is 5.88 Å². The molecule has 1 aliphatic carbocycles. The maximum atomic E-state index is 15.7. The van der Waals surface area contributed by atoms with Crippen LogP contribution < -0.4 is 14.8 Å². The zero-order valence-corrected chi connectivity index (χ0v) is 25.3. The minimum Gasteiger partial charge on any atom is -0.480 e. The van der Waals surface area contributed by atoms with Crippen LogP contribution in [0, 0.1) is 11.6 Å². The Bertz CT molecular complexity index is 1810. The van der Waals surface area contributed by atoms with E-state index < -0.39 is 44.0 Å². The molecule has 2 aromatic heterocycles. The molecular weight excluding hydrogens is 617 g/mol. The lowest BCUT2D eigenvalue weighted by molar-refractivity contribution is 0.173. The quantitative estimate of drug-likeness (QED) is 0.233. The fourth-order valence-electron chi connectivity index (χ4n) is 5.95. The van der Waals surface area contributed by atoms with Crippen LogP contribution in [-0.2, 0) is 10.0 Å². The smallest absolute Gasteiger partial charge is 0.267 e. The molecule has 0 bridgehead atoms. The van der Waals surface area contributed by atoms with Crippen molar-refractivity contribution in [1.82, 2.24) is 19.9 Å². The van der Waals surface area contributed by atoms with E-state index in [0.29, 0.717) is 35.9 Å². The van der Waals surface area contributed by atoms with E-state index in [4.69, 9.17) is 16.3 Å². The summed E-state index contributed by atoms with van der Waals surface area (Å²) in [5, 5.41) is 3.97. The van der Waals surface area contributed by atoms with E-state index >= 15 is 4.39 Å². The molecule has 14 heteroatoms. The predicted octanol–water partition coefficient (Wildman–Crippen LogP) is 6.20. The molecule has 2 fully saturated rings. The van der Waals surface area contributed by atoms with Gasteiger partial charge in [-0.05, 0) is 68.0 Å². The number of hydrogen-bond donors (Lipinski definition) is 2. The summed E-state index contributed by atoms with van der Waals surface area (Å²) in [5.41, 5.74) is -0.137. The fraction of sp³-hybridized carbons (Fsp3) is 0.367. The molecule has 232 valence electrons. The van der Waals surface area contributed by atoms with Crippen molar-refractivity contribution in [3.8, 4) is 17.0 Å². The molecule has 0 unspecified atom stereocenters. The molecule has 2 aromatic carbocycles. The van der Waals surface area contributed by atoms with Gasteiger partial charge < -0.3 is 10.1 Å². The molecule has 4 aromatic rings. The molecule has 1 aliphatic heterocycles. The van der Waals surface area contributed by atoms with Gasteiger partial charge in [-0.2, -0.15) is 0 Å². The molecular formula is C30H30ClF3N6O3S. The first kappa shape index (κ1) is 30.4. The molecule has 0 radical (unpaired) electrons. The molecule has 44 heavy (non-hydrogen) atoms. The van der Waals surface area contributed by atoms with Crippen molar-refractivity contribution < 1.29 is 26.3 Å². The average molecular weight is 647 g/mol. The first-order valence-electron chi connectivity index (χ1n) is 14.2. The summed E-state index contributed by atoms with van der Waals surface area (Å²) in [6, 6.07) is 8.39. The third-order valence-corrected chi connectivity index (χ3v) is 9.75. The Hall–Kier alpha value is -3.68. The average Bonchev–Trinajstić information content (AvgIpc) is 3.45. The molecule has 2 N–H and O–H groups in total. The van der Waals surface area contributed by atoms with Crippen LogP contribution in [0.25, 0.3) is 22.0 Å². The van der Waals surface area contributed by atoms with Crippen LogP contribution in [0.4, 0.5) is 24.8 Å². The molecule has 1 saturated carbocycles.